The van der Waals surface area contributed by atoms with Crippen molar-refractivity contribution in [1.29, 1.82) is 0 Å². The van der Waals surface area contributed by atoms with Gasteiger partial charge in [0.2, 0.25) is 0 Å². The van der Waals surface area contributed by atoms with E-state index in [2.05, 4.69) is 4.90 Å². The average molecular weight is 347 g/mol. The average Bonchev–Trinajstić information content (AvgIpc) is 3.19. The largest absolute Gasteiger partial charge is 0.361 e. The van der Waals surface area contributed by atoms with Crippen LogP contribution >= 0.6 is 0 Å². The molecule has 3 saturated heterocycles. The van der Waals surface area contributed by atoms with Gasteiger partial charge in [0.1, 0.15) is 6.23 Å². The van der Waals surface area contributed by atoms with E-state index in [1.54, 1.807) is 12.1 Å². The van der Waals surface area contributed by atoms with Crippen LogP contribution in [-0.2, 0) is 14.6 Å². The summed E-state index contributed by atoms with van der Waals surface area (Å²) in [6, 6.07) is 9.06. The Labute approximate surface area is 144 Å². The van der Waals surface area contributed by atoms with Gasteiger partial charge in [0.25, 0.3) is 0 Å². The third-order valence-corrected chi connectivity index (χ3v) is 9.24. The molecule has 5 heteroatoms. The molecule has 4 fully saturated rings. The standard InChI is InChI=1S/C19H25NO3S/c21-24(22,15-7-2-1-3-8-15)17-12-19-11-5-4-6-14(19)9-10-18-20(19)16(17)13-23-18/h1-3,7-8,14,16-18H,4-6,9-13H2/t14?,16-,17+,18?,19?/m0/s1. The van der Waals surface area contributed by atoms with Crippen LogP contribution in [-0.4, -0.2) is 43.0 Å². The molecule has 0 N–H and O–H groups in total. The second-order valence-corrected chi connectivity index (χ2v) is 10.2. The van der Waals surface area contributed by atoms with Crippen LogP contribution in [0.2, 0.25) is 0 Å². The number of hydrogen-bond donors (Lipinski definition) is 0. The first kappa shape index (κ1) is 15.4. The van der Waals surface area contributed by atoms with Crippen molar-refractivity contribution in [2.45, 2.75) is 72.9 Å². The van der Waals surface area contributed by atoms with E-state index in [1.807, 2.05) is 18.2 Å². The first-order chi connectivity index (χ1) is 11.6. The lowest BCUT2D eigenvalue weighted by atomic mass is 9.67. The third kappa shape index (κ3) is 1.95. The first-order valence-corrected chi connectivity index (χ1v) is 10.9. The van der Waals surface area contributed by atoms with E-state index in [4.69, 9.17) is 4.74 Å². The van der Waals surface area contributed by atoms with E-state index in [1.165, 1.54) is 25.7 Å². The Kier molecular flexibility index (Phi) is 3.39. The molecule has 1 aromatic rings. The zero-order valence-corrected chi connectivity index (χ0v) is 14.7. The number of piperidine rings is 1. The van der Waals surface area contributed by atoms with Crippen LogP contribution in [0.3, 0.4) is 0 Å². The van der Waals surface area contributed by atoms with Crippen LogP contribution in [0.5, 0.6) is 0 Å². The van der Waals surface area contributed by atoms with Gasteiger partial charge in [-0.2, -0.15) is 0 Å². The maximum Gasteiger partial charge on any atom is 0.182 e. The fourth-order valence-electron chi connectivity index (χ4n) is 6.06. The predicted octanol–water partition coefficient (Wildman–Crippen LogP) is 2.98. The SMILES string of the molecule is O=S(=O)(c1ccccc1)[C@@H]1CC23CCCCC2CCC2OC[C@@H]1N23. The molecular weight excluding hydrogens is 322 g/mol. The van der Waals surface area contributed by atoms with Crippen LogP contribution in [0.15, 0.2) is 35.2 Å². The lowest BCUT2D eigenvalue weighted by molar-refractivity contribution is -0.101. The molecule has 5 rings (SSSR count). The van der Waals surface area contributed by atoms with Gasteiger partial charge in [-0.05, 0) is 50.2 Å². The number of hydrogen-bond acceptors (Lipinski definition) is 4. The lowest BCUT2D eigenvalue weighted by Crippen LogP contribution is -2.58. The molecule has 5 atom stereocenters. The number of rotatable bonds is 2. The Morgan fingerprint density at radius 3 is 2.75 bits per heavy atom. The fourth-order valence-corrected chi connectivity index (χ4v) is 8.08. The topological polar surface area (TPSA) is 46.6 Å². The highest BCUT2D eigenvalue weighted by atomic mass is 32.2. The van der Waals surface area contributed by atoms with Crippen LogP contribution in [0.25, 0.3) is 0 Å². The second kappa shape index (κ2) is 5.29. The molecule has 24 heavy (non-hydrogen) atoms. The van der Waals surface area contributed by atoms with E-state index in [0.717, 1.165) is 19.3 Å². The molecule has 1 spiro atoms. The minimum atomic E-state index is -3.31. The molecule has 4 nitrogen and oxygen atoms in total. The van der Waals surface area contributed by atoms with Crippen molar-refractivity contribution in [3.8, 4) is 0 Å². The third-order valence-electron chi connectivity index (χ3n) is 7.03. The predicted molar refractivity (Wildman–Crippen MR) is 91.3 cm³/mol. The van der Waals surface area contributed by atoms with Crippen molar-refractivity contribution >= 4 is 9.84 Å². The number of ether oxygens (including phenoxy) is 1. The maximum absolute atomic E-state index is 13.4. The van der Waals surface area contributed by atoms with Crippen LogP contribution in [0, 0.1) is 5.92 Å². The monoisotopic (exact) mass is 347 g/mol. The van der Waals surface area contributed by atoms with Gasteiger partial charge in [0.05, 0.1) is 22.8 Å². The summed E-state index contributed by atoms with van der Waals surface area (Å²) in [5, 5.41) is -0.316. The molecule has 3 aliphatic heterocycles. The van der Waals surface area contributed by atoms with Crippen molar-refractivity contribution in [1.82, 2.24) is 4.90 Å². The molecule has 1 aromatic carbocycles. The molecule has 130 valence electrons. The molecule has 1 aliphatic carbocycles. The summed E-state index contributed by atoms with van der Waals surface area (Å²) in [6.45, 7) is 0.579. The van der Waals surface area contributed by atoms with Crippen molar-refractivity contribution in [3.63, 3.8) is 0 Å². The lowest BCUT2D eigenvalue weighted by Gasteiger charge is -2.52. The van der Waals surface area contributed by atoms with E-state index in [-0.39, 0.29) is 23.1 Å². The molecule has 0 radical (unpaired) electrons. The first-order valence-electron chi connectivity index (χ1n) is 9.32. The highest BCUT2D eigenvalue weighted by Crippen LogP contribution is 2.57. The smallest absolute Gasteiger partial charge is 0.182 e. The van der Waals surface area contributed by atoms with Crippen molar-refractivity contribution in [2.75, 3.05) is 6.61 Å². The van der Waals surface area contributed by atoms with Gasteiger partial charge in [-0.3, -0.25) is 4.90 Å². The van der Waals surface area contributed by atoms with E-state index < -0.39 is 9.84 Å². The van der Waals surface area contributed by atoms with E-state index >= 15 is 0 Å². The van der Waals surface area contributed by atoms with E-state index in [9.17, 15) is 8.42 Å². The summed E-state index contributed by atoms with van der Waals surface area (Å²) in [4.78, 5) is 2.99. The molecule has 0 bridgehead atoms. The van der Waals surface area contributed by atoms with Gasteiger partial charge in [0.15, 0.2) is 9.84 Å². The Bertz CT molecular complexity index is 734. The Morgan fingerprint density at radius 1 is 1.08 bits per heavy atom. The molecule has 3 unspecified atom stereocenters. The molecule has 1 saturated carbocycles. The van der Waals surface area contributed by atoms with Gasteiger partial charge in [-0.1, -0.05) is 31.0 Å². The Hall–Kier alpha value is -0.910. The van der Waals surface area contributed by atoms with Gasteiger partial charge in [0, 0.05) is 5.54 Å². The number of nitrogens with zero attached hydrogens (tertiary/aromatic N) is 1. The number of sulfone groups is 1. The highest BCUT2D eigenvalue weighted by molar-refractivity contribution is 7.92. The normalized spacial score (nSPS) is 41.8. The molecular formula is C19H25NO3S. The Balaban J connectivity index is 1.58. The van der Waals surface area contributed by atoms with Crippen molar-refractivity contribution in [2.24, 2.45) is 5.92 Å². The summed E-state index contributed by atoms with van der Waals surface area (Å²) in [6.07, 6.45) is 8.16. The minimum Gasteiger partial charge on any atom is -0.361 e. The van der Waals surface area contributed by atoms with Gasteiger partial charge in [-0.15, -0.1) is 0 Å². The fraction of sp³-hybridized carbons (Fsp3) is 0.684. The zero-order valence-electron chi connectivity index (χ0n) is 13.9. The molecule has 0 aromatic heterocycles. The molecule has 3 heterocycles. The van der Waals surface area contributed by atoms with Gasteiger partial charge in [-0.25, -0.2) is 8.42 Å². The molecule has 0 amide bonds. The zero-order chi connectivity index (χ0) is 16.4. The van der Waals surface area contributed by atoms with E-state index in [0.29, 0.717) is 17.4 Å². The van der Waals surface area contributed by atoms with Crippen LogP contribution in [0.1, 0.15) is 44.9 Å². The van der Waals surface area contributed by atoms with Crippen molar-refractivity contribution < 1.29 is 13.2 Å². The summed E-state index contributed by atoms with van der Waals surface area (Å²) in [5.41, 5.74) is 0.0782. The van der Waals surface area contributed by atoms with Crippen LogP contribution in [0.4, 0.5) is 0 Å². The quantitative estimate of drug-likeness (QED) is 0.825. The highest BCUT2D eigenvalue weighted by Gasteiger charge is 2.64. The summed E-state index contributed by atoms with van der Waals surface area (Å²) in [5.74, 6) is 0.655. The summed E-state index contributed by atoms with van der Waals surface area (Å²) in [7, 11) is -3.31. The maximum atomic E-state index is 13.4. The van der Waals surface area contributed by atoms with Gasteiger partial charge >= 0.3 is 0 Å². The second-order valence-electron chi connectivity index (χ2n) is 7.99. The minimum absolute atomic E-state index is 0.0427. The Morgan fingerprint density at radius 2 is 1.92 bits per heavy atom. The summed E-state index contributed by atoms with van der Waals surface area (Å²) < 4.78 is 32.8. The number of benzene rings is 1. The summed E-state index contributed by atoms with van der Waals surface area (Å²) >= 11 is 0. The van der Waals surface area contributed by atoms with Crippen LogP contribution < -0.4 is 0 Å². The van der Waals surface area contributed by atoms with Gasteiger partial charge < -0.3 is 4.74 Å². The molecule has 4 aliphatic rings. The van der Waals surface area contributed by atoms with Crippen molar-refractivity contribution in [3.05, 3.63) is 30.3 Å².